The molecule has 0 saturated heterocycles. The normalized spacial score (nSPS) is 17.8. The molecular weight excluding hydrogens is 231 g/mol. The van der Waals surface area contributed by atoms with Gasteiger partial charge in [0.2, 0.25) is 0 Å². The molecule has 2 rings (SSSR count). The molecule has 1 atom stereocenters. The molecule has 1 unspecified atom stereocenters. The molecule has 1 aromatic rings. The summed E-state index contributed by atoms with van der Waals surface area (Å²) in [5, 5.41) is 9.19. The number of aryl methyl sites for hydroxylation is 1. The van der Waals surface area contributed by atoms with Gasteiger partial charge in [-0.2, -0.15) is 13.2 Å². The summed E-state index contributed by atoms with van der Waals surface area (Å²) in [6, 6.07) is 4.46. The van der Waals surface area contributed by atoms with Gasteiger partial charge in [0, 0.05) is 19.3 Å². The second kappa shape index (κ2) is 4.22. The first-order valence-electron chi connectivity index (χ1n) is 5.48. The smallest absolute Gasteiger partial charge is 0.379 e. The van der Waals surface area contributed by atoms with Crippen molar-refractivity contribution in [3.8, 4) is 0 Å². The van der Waals surface area contributed by atoms with Crippen LogP contribution in [-0.4, -0.2) is 24.9 Å². The van der Waals surface area contributed by atoms with Crippen molar-refractivity contribution in [1.82, 2.24) is 0 Å². The molecule has 94 valence electrons. The van der Waals surface area contributed by atoms with E-state index in [-0.39, 0.29) is 5.56 Å². The quantitative estimate of drug-likeness (QED) is 0.822. The van der Waals surface area contributed by atoms with Crippen molar-refractivity contribution in [3.05, 3.63) is 29.3 Å². The lowest BCUT2D eigenvalue weighted by molar-refractivity contribution is -0.206. The van der Waals surface area contributed by atoms with E-state index in [2.05, 4.69) is 0 Å². The maximum atomic E-state index is 12.4. The number of rotatable bonds is 1. The van der Waals surface area contributed by atoms with E-state index in [0.717, 1.165) is 30.6 Å². The van der Waals surface area contributed by atoms with Crippen molar-refractivity contribution < 1.29 is 18.3 Å². The number of hydrogen-bond acceptors (Lipinski definition) is 2. The van der Waals surface area contributed by atoms with Crippen molar-refractivity contribution in [2.75, 3.05) is 18.5 Å². The van der Waals surface area contributed by atoms with Crippen LogP contribution in [0, 0.1) is 0 Å². The monoisotopic (exact) mass is 245 g/mol. The number of benzene rings is 1. The Kier molecular flexibility index (Phi) is 3.03. The average molecular weight is 245 g/mol. The fourth-order valence-electron chi connectivity index (χ4n) is 2.16. The van der Waals surface area contributed by atoms with E-state index in [1.807, 2.05) is 11.9 Å². The highest BCUT2D eigenvalue weighted by Gasteiger charge is 2.39. The average Bonchev–Trinajstić information content (AvgIpc) is 2.26. The predicted molar refractivity (Wildman–Crippen MR) is 59.0 cm³/mol. The number of aliphatic hydroxyl groups is 1. The first-order valence-corrected chi connectivity index (χ1v) is 5.48. The van der Waals surface area contributed by atoms with Gasteiger partial charge < -0.3 is 10.0 Å². The third-order valence-corrected chi connectivity index (χ3v) is 3.08. The molecular formula is C12H14F3NO. The van der Waals surface area contributed by atoms with Gasteiger partial charge in [-0.1, -0.05) is 12.1 Å². The molecule has 2 nitrogen and oxygen atoms in total. The van der Waals surface area contributed by atoms with Gasteiger partial charge in [-0.05, 0) is 30.0 Å². The summed E-state index contributed by atoms with van der Waals surface area (Å²) >= 11 is 0. The maximum absolute atomic E-state index is 12.4. The van der Waals surface area contributed by atoms with Crippen molar-refractivity contribution in [2.24, 2.45) is 0 Å². The largest absolute Gasteiger partial charge is 0.418 e. The zero-order valence-corrected chi connectivity index (χ0v) is 9.46. The van der Waals surface area contributed by atoms with Crippen LogP contribution in [0.4, 0.5) is 18.9 Å². The number of nitrogens with zero attached hydrogens (tertiary/aromatic N) is 1. The minimum atomic E-state index is -4.60. The Bertz CT molecular complexity index is 417. The van der Waals surface area contributed by atoms with Crippen molar-refractivity contribution in [2.45, 2.75) is 25.1 Å². The standard InChI is InChI=1S/C12H14F3NO/c1-16-6-2-3-8-7-9(4-5-10(8)16)11(17)12(13,14)15/h4-5,7,11,17H,2-3,6H2,1H3. The molecule has 1 aromatic carbocycles. The van der Waals surface area contributed by atoms with Gasteiger partial charge in [0.25, 0.3) is 0 Å². The molecule has 0 radical (unpaired) electrons. The van der Waals surface area contributed by atoms with Gasteiger partial charge in [0.1, 0.15) is 0 Å². The summed E-state index contributed by atoms with van der Waals surface area (Å²) in [5.41, 5.74) is 1.75. The fourth-order valence-corrected chi connectivity index (χ4v) is 2.16. The summed E-state index contributed by atoms with van der Waals surface area (Å²) < 4.78 is 37.1. The highest BCUT2D eigenvalue weighted by atomic mass is 19.4. The van der Waals surface area contributed by atoms with Gasteiger partial charge in [-0.15, -0.1) is 0 Å². The van der Waals surface area contributed by atoms with Crippen molar-refractivity contribution in [3.63, 3.8) is 0 Å². The maximum Gasteiger partial charge on any atom is 0.418 e. The molecule has 0 spiro atoms. The molecule has 1 aliphatic rings. The number of anilines is 1. The van der Waals surface area contributed by atoms with E-state index < -0.39 is 12.3 Å². The summed E-state index contributed by atoms with van der Waals surface area (Å²) in [6.07, 6.45) is -5.30. The van der Waals surface area contributed by atoms with Gasteiger partial charge in [0.15, 0.2) is 6.10 Å². The molecule has 5 heteroatoms. The molecule has 0 amide bonds. The first-order chi connectivity index (χ1) is 7.89. The van der Waals surface area contributed by atoms with E-state index in [0.29, 0.717) is 0 Å². The zero-order valence-electron chi connectivity index (χ0n) is 9.46. The second-order valence-corrected chi connectivity index (χ2v) is 4.36. The Labute approximate surface area is 97.7 Å². The highest BCUT2D eigenvalue weighted by molar-refractivity contribution is 5.56. The minimum Gasteiger partial charge on any atom is -0.379 e. The second-order valence-electron chi connectivity index (χ2n) is 4.36. The van der Waals surface area contributed by atoms with Crippen LogP contribution in [0.25, 0.3) is 0 Å². The van der Waals surface area contributed by atoms with E-state index in [1.54, 1.807) is 6.07 Å². The molecule has 0 saturated carbocycles. The third kappa shape index (κ3) is 2.39. The van der Waals surface area contributed by atoms with Gasteiger partial charge in [-0.3, -0.25) is 0 Å². The van der Waals surface area contributed by atoms with Crippen LogP contribution in [0.5, 0.6) is 0 Å². The molecule has 1 heterocycles. The molecule has 1 N–H and O–H groups in total. The Hall–Kier alpha value is -1.23. The lowest BCUT2D eigenvalue weighted by atomic mass is 9.97. The molecule has 0 aliphatic carbocycles. The lowest BCUT2D eigenvalue weighted by Gasteiger charge is -2.28. The summed E-state index contributed by atoms with van der Waals surface area (Å²) in [6.45, 7) is 0.911. The number of hydrogen-bond donors (Lipinski definition) is 1. The van der Waals surface area contributed by atoms with E-state index in [1.165, 1.54) is 12.1 Å². The SMILES string of the molecule is CN1CCCc2cc(C(O)C(F)(F)F)ccc21. The van der Waals surface area contributed by atoms with Crippen molar-refractivity contribution in [1.29, 1.82) is 0 Å². The summed E-state index contributed by atoms with van der Waals surface area (Å²) in [7, 11) is 1.91. The number of alkyl halides is 3. The Morgan fingerprint density at radius 1 is 1.35 bits per heavy atom. The topological polar surface area (TPSA) is 23.5 Å². The van der Waals surface area contributed by atoms with Crippen LogP contribution in [0.15, 0.2) is 18.2 Å². The van der Waals surface area contributed by atoms with Crippen LogP contribution < -0.4 is 4.90 Å². The molecule has 0 aromatic heterocycles. The van der Waals surface area contributed by atoms with Gasteiger partial charge in [0.05, 0.1) is 0 Å². The highest BCUT2D eigenvalue weighted by Crippen LogP contribution is 2.35. The van der Waals surface area contributed by atoms with Crippen LogP contribution in [0.3, 0.4) is 0 Å². The Balaban J connectivity index is 2.34. The lowest BCUT2D eigenvalue weighted by Crippen LogP contribution is -2.25. The summed E-state index contributed by atoms with van der Waals surface area (Å²) in [4.78, 5) is 2.02. The van der Waals surface area contributed by atoms with Gasteiger partial charge in [-0.25, -0.2) is 0 Å². The van der Waals surface area contributed by atoms with E-state index >= 15 is 0 Å². The molecule has 0 fully saturated rings. The van der Waals surface area contributed by atoms with E-state index in [9.17, 15) is 18.3 Å². The third-order valence-electron chi connectivity index (χ3n) is 3.08. The number of aliphatic hydroxyl groups excluding tert-OH is 1. The van der Waals surface area contributed by atoms with E-state index in [4.69, 9.17) is 0 Å². The zero-order chi connectivity index (χ0) is 12.6. The van der Waals surface area contributed by atoms with Gasteiger partial charge >= 0.3 is 6.18 Å². The number of fused-ring (bicyclic) bond motifs is 1. The van der Waals surface area contributed by atoms with Crippen molar-refractivity contribution >= 4 is 5.69 Å². The Morgan fingerprint density at radius 2 is 2.06 bits per heavy atom. The fraction of sp³-hybridized carbons (Fsp3) is 0.500. The first kappa shape index (κ1) is 12.2. The Morgan fingerprint density at radius 3 is 2.71 bits per heavy atom. The van der Waals surface area contributed by atoms with Crippen LogP contribution >= 0.6 is 0 Å². The molecule has 1 aliphatic heterocycles. The number of halogens is 3. The molecule has 0 bridgehead atoms. The van der Waals surface area contributed by atoms with Crippen LogP contribution in [0.1, 0.15) is 23.7 Å². The molecule has 17 heavy (non-hydrogen) atoms. The van der Waals surface area contributed by atoms with Crippen LogP contribution in [-0.2, 0) is 6.42 Å². The minimum absolute atomic E-state index is 0.0773. The predicted octanol–water partition coefficient (Wildman–Crippen LogP) is 2.66. The summed E-state index contributed by atoms with van der Waals surface area (Å²) in [5.74, 6) is 0. The van der Waals surface area contributed by atoms with Crippen LogP contribution in [0.2, 0.25) is 0 Å².